The van der Waals surface area contributed by atoms with Crippen molar-refractivity contribution >= 4 is 40.1 Å². The number of amides is 1. The summed E-state index contributed by atoms with van der Waals surface area (Å²) < 4.78 is 1.80. The Morgan fingerprint density at radius 2 is 2.00 bits per heavy atom. The van der Waals surface area contributed by atoms with E-state index in [1.165, 1.54) is 0 Å². The molecule has 1 aromatic heterocycles. The van der Waals surface area contributed by atoms with Crippen molar-refractivity contribution in [2.24, 2.45) is 0 Å². The van der Waals surface area contributed by atoms with Gasteiger partial charge < -0.3 is 15.0 Å². The monoisotopic (exact) mass is 377 g/mol. The predicted octanol–water partition coefficient (Wildman–Crippen LogP) is 3.51. The van der Waals surface area contributed by atoms with E-state index in [1.807, 2.05) is 30.3 Å². The van der Waals surface area contributed by atoms with Crippen LogP contribution in [-0.4, -0.2) is 33.2 Å². The van der Waals surface area contributed by atoms with Gasteiger partial charge in [-0.05, 0) is 31.2 Å². The van der Waals surface area contributed by atoms with Crippen molar-refractivity contribution in [1.29, 1.82) is 0 Å². The summed E-state index contributed by atoms with van der Waals surface area (Å²) in [5.74, 6) is 0.351. The quantitative estimate of drug-likeness (QED) is 0.714. The van der Waals surface area contributed by atoms with E-state index >= 15 is 0 Å². The number of rotatable bonds is 5. The highest BCUT2D eigenvalue weighted by Gasteiger charge is 2.18. The molecule has 0 bridgehead atoms. The molecule has 130 valence electrons. The van der Waals surface area contributed by atoms with Crippen LogP contribution in [0.1, 0.15) is 6.92 Å². The summed E-state index contributed by atoms with van der Waals surface area (Å²) in [5.41, 5.74) is 2.24. The average Bonchev–Trinajstić information content (AvgIpc) is 2.95. The first-order valence-electron chi connectivity index (χ1n) is 7.81. The van der Waals surface area contributed by atoms with Crippen LogP contribution in [-0.2, 0) is 11.3 Å². The van der Waals surface area contributed by atoms with Crippen molar-refractivity contribution < 1.29 is 9.90 Å². The number of aromatic nitrogens is 2. The van der Waals surface area contributed by atoms with Crippen LogP contribution in [0.3, 0.4) is 0 Å². The largest absolute Gasteiger partial charge is 0.394 e. The van der Waals surface area contributed by atoms with Gasteiger partial charge in [-0.1, -0.05) is 41.4 Å². The van der Waals surface area contributed by atoms with Crippen molar-refractivity contribution in [2.75, 3.05) is 6.61 Å². The molecule has 0 fully saturated rings. The molecule has 5 nitrogen and oxygen atoms in total. The summed E-state index contributed by atoms with van der Waals surface area (Å²) in [7, 11) is 0. The van der Waals surface area contributed by atoms with Gasteiger partial charge in [0.25, 0.3) is 0 Å². The number of hydrogen-bond acceptors (Lipinski definition) is 3. The van der Waals surface area contributed by atoms with Crippen LogP contribution in [0.2, 0.25) is 10.0 Å². The molecule has 0 radical (unpaired) electrons. The van der Waals surface area contributed by atoms with E-state index in [2.05, 4.69) is 10.3 Å². The van der Waals surface area contributed by atoms with Crippen LogP contribution < -0.4 is 5.32 Å². The average molecular weight is 378 g/mol. The van der Waals surface area contributed by atoms with Crippen LogP contribution in [0.4, 0.5) is 0 Å². The first-order chi connectivity index (χ1) is 12.0. The second-order valence-electron chi connectivity index (χ2n) is 5.76. The molecule has 0 saturated heterocycles. The Morgan fingerprint density at radius 3 is 2.76 bits per heavy atom. The number of carbonyl (C=O) groups excluding carboxylic acids is 1. The molecule has 0 aliphatic heterocycles. The lowest BCUT2D eigenvalue weighted by atomic mass is 10.2. The minimum atomic E-state index is -0.319. The van der Waals surface area contributed by atoms with Crippen LogP contribution in [0.5, 0.6) is 0 Å². The fourth-order valence-electron chi connectivity index (χ4n) is 2.63. The SMILES string of the molecule is C[C@@H](CO)NC(=O)Cn1c(-c2cccc(Cl)c2Cl)nc2ccccc21. The predicted molar refractivity (Wildman–Crippen MR) is 99.9 cm³/mol. The number of para-hydroxylation sites is 2. The maximum absolute atomic E-state index is 12.3. The molecule has 0 aliphatic carbocycles. The molecule has 1 atom stereocenters. The number of hydrogen-bond donors (Lipinski definition) is 2. The fraction of sp³-hybridized carbons (Fsp3) is 0.222. The number of nitrogens with zero attached hydrogens (tertiary/aromatic N) is 2. The van der Waals surface area contributed by atoms with Crippen LogP contribution in [0.25, 0.3) is 22.4 Å². The van der Waals surface area contributed by atoms with Gasteiger partial charge in [-0.25, -0.2) is 4.98 Å². The van der Waals surface area contributed by atoms with E-state index in [4.69, 9.17) is 28.3 Å². The smallest absolute Gasteiger partial charge is 0.240 e. The van der Waals surface area contributed by atoms with Crippen molar-refractivity contribution in [3.8, 4) is 11.4 Å². The molecule has 1 heterocycles. The minimum absolute atomic E-state index is 0.0586. The minimum Gasteiger partial charge on any atom is -0.394 e. The van der Waals surface area contributed by atoms with Crippen molar-refractivity contribution in [3.63, 3.8) is 0 Å². The molecule has 3 rings (SSSR count). The van der Waals surface area contributed by atoms with E-state index in [1.54, 1.807) is 23.6 Å². The third-order valence-corrected chi connectivity index (χ3v) is 4.65. The molecule has 1 amide bonds. The number of carbonyl (C=O) groups is 1. The summed E-state index contributed by atoms with van der Waals surface area (Å²) >= 11 is 12.5. The summed E-state index contributed by atoms with van der Waals surface area (Å²) in [5, 5.41) is 12.7. The lowest BCUT2D eigenvalue weighted by molar-refractivity contribution is -0.122. The van der Waals surface area contributed by atoms with Crippen molar-refractivity contribution in [3.05, 3.63) is 52.5 Å². The number of halogens is 2. The summed E-state index contributed by atoms with van der Waals surface area (Å²) in [6.07, 6.45) is 0. The molecule has 7 heteroatoms. The second kappa shape index (κ2) is 7.44. The van der Waals surface area contributed by atoms with Gasteiger partial charge in [-0.3, -0.25) is 4.79 Å². The Kier molecular flexibility index (Phi) is 5.27. The number of fused-ring (bicyclic) bond motifs is 1. The summed E-state index contributed by atoms with van der Waals surface area (Å²) in [6, 6.07) is 12.5. The Morgan fingerprint density at radius 1 is 1.24 bits per heavy atom. The molecule has 25 heavy (non-hydrogen) atoms. The summed E-state index contributed by atoms with van der Waals surface area (Å²) in [4.78, 5) is 17.0. The number of nitrogens with one attached hydrogen (secondary N) is 1. The van der Waals surface area contributed by atoms with E-state index in [0.29, 0.717) is 21.4 Å². The van der Waals surface area contributed by atoms with Gasteiger partial charge in [0, 0.05) is 11.6 Å². The molecule has 2 aromatic carbocycles. The van der Waals surface area contributed by atoms with Gasteiger partial charge in [-0.2, -0.15) is 0 Å². The number of imidazole rings is 1. The van der Waals surface area contributed by atoms with Crippen LogP contribution >= 0.6 is 23.2 Å². The van der Waals surface area contributed by atoms with Crippen molar-refractivity contribution in [1.82, 2.24) is 14.9 Å². The van der Waals surface area contributed by atoms with Gasteiger partial charge >= 0.3 is 0 Å². The first-order valence-corrected chi connectivity index (χ1v) is 8.56. The van der Waals surface area contributed by atoms with Gasteiger partial charge in [0.2, 0.25) is 5.91 Å². The molecule has 0 aliphatic rings. The highest BCUT2D eigenvalue weighted by Crippen LogP contribution is 2.34. The highest BCUT2D eigenvalue weighted by molar-refractivity contribution is 6.43. The summed E-state index contributed by atoms with van der Waals surface area (Å²) in [6.45, 7) is 1.67. The third kappa shape index (κ3) is 3.63. The lowest BCUT2D eigenvalue weighted by Crippen LogP contribution is -2.37. The molecule has 2 N–H and O–H groups in total. The van der Waals surface area contributed by atoms with Crippen molar-refractivity contribution in [2.45, 2.75) is 19.5 Å². The van der Waals surface area contributed by atoms with Crippen LogP contribution in [0.15, 0.2) is 42.5 Å². The van der Waals surface area contributed by atoms with E-state index in [9.17, 15) is 4.79 Å². The zero-order valence-corrected chi connectivity index (χ0v) is 15.1. The molecule has 0 unspecified atom stereocenters. The first kappa shape index (κ1) is 17.7. The number of aliphatic hydroxyl groups excluding tert-OH is 1. The standard InChI is InChI=1S/C18H17Cl2N3O2/c1-11(10-24)21-16(25)9-23-15-8-3-2-7-14(15)22-18(23)12-5-4-6-13(19)17(12)20/h2-8,11,24H,9-10H2,1H3,(H,21,25)/t11-/m0/s1. The van der Waals surface area contributed by atoms with Gasteiger partial charge in [0.1, 0.15) is 12.4 Å². The molecule has 3 aromatic rings. The zero-order chi connectivity index (χ0) is 18.0. The Hall–Kier alpha value is -2.08. The molecular weight excluding hydrogens is 361 g/mol. The zero-order valence-electron chi connectivity index (χ0n) is 13.5. The van der Waals surface area contributed by atoms with E-state index in [0.717, 1.165) is 11.0 Å². The maximum Gasteiger partial charge on any atom is 0.240 e. The lowest BCUT2D eigenvalue weighted by Gasteiger charge is -2.14. The topological polar surface area (TPSA) is 67.2 Å². The Bertz CT molecular complexity index is 924. The van der Waals surface area contributed by atoms with Gasteiger partial charge in [-0.15, -0.1) is 0 Å². The van der Waals surface area contributed by atoms with Gasteiger partial charge in [0.15, 0.2) is 0 Å². The fourth-order valence-corrected chi connectivity index (χ4v) is 3.01. The third-order valence-electron chi connectivity index (χ3n) is 3.83. The van der Waals surface area contributed by atoms with E-state index < -0.39 is 0 Å². The normalized spacial score (nSPS) is 12.3. The molecule has 0 spiro atoms. The molecule has 0 saturated carbocycles. The molecular formula is C18H17Cl2N3O2. The Balaban J connectivity index is 2.09. The van der Waals surface area contributed by atoms with Gasteiger partial charge in [0.05, 0.1) is 27.7 Å². The highest BCUT2D eigenvalue weighted by atomic mass is 35.5. The maximum atomic E-state index is 12.3. The van der Waals surface area contributed by atoms with Crippen LogP contribution in [0, 0.1) is 0 Å². The Labute approximate surface area is 155 Å². The number of benzene rings is 2. The number of aliphatic hydroxyl groups is 1. The second-order valence-corrected chi connectivity index (χ2v) is 6.55. The van der Waals surface area contributed by atoms with E-state index in [-0.39, 0.29) is 25.1 Å².